The van der Waals surface area contributed by atoms with E-state index in [-0.39, 0.29) is 18.4 Å². The largest absolute Gasteiger partial charge is 0.454 e. The molecule has 0 spiro atoms. The van der Waals surface area contributed by atoms with Gasteiger partial charge in [0.1, 0.15) is 0 Å². The SMILES string of the molecule is CN(Cc1ccc2c(c1)OCO2)C(=O)c1cc(-c2cccc(Cl)c2)on1. The minimum absolute atomic E-state index is 0.221. The van der Waals surface area contributed by atoms with Crippen LogP contribution in [-0.2, 0) is 6.54 Å². The van der Waals surface area contributed by atoms with E-state index in [0.29, 0.717) is 28.8 Å². The van der Waals surface area contributed by atoms with Gasteiger partial charge in [0, 0.05) is 30.2 Å². The first-order valence-electron chi connectivity index (χ1n) is 7.97. The summed E-state index contributed by atoms with van der Waals surface area (Å²) in [5, 5.41) is 4.48. The summed E-state index contributed by atoms with van der Waals surface area (Å²) in [5.74, 6) is 1.66. The van der Waals surface area contributed by atoms with Gasteiger partial charge in [-0.1, -0.05) is 35.0 Å². The maximum atomic E-state index is 12.6. The Morgan fingerprint density at radius 2 is 2.00 bits per heavy atom. The summed E-state index contributed by atoms with van der Waals surface area (Å²) < 4.78 is 16.0. The zero-order chi connectivity index (χ0) is 18.1. The second-order valence-corrected chi connectivity index (χ2v) is 6.37. The zero-order valence-electron chi connectivity index (χ0n) is 13.9. The van der Waals surface area contributed by atoms with E-state index in [1.807, 2.05) is 30.3 Å². The van der Waals surface area contributed by atoms with Crippen LogP contribution in [0.25, 0.3) is 11.3 Å². The summed E-state index contributed by atoms with van der Waals surface area (Å²) in [4.78, 5) is 14.2. The maximum Gasteiger partial charge on any atom is 0.276 e. The van der Waals surface area contributed by atoms with Crippen molar-refractivity contribution in [2.24, 2.45) is 0 Å². The predicted molar refractivity (Wildman–Crippen MR) is 95.3 cm³/mol. The van der Waals surface area contributed by atoms with Gasteiger partial charge in [-0.25, -0.2) is 0 Å². The van der Waals surface area contributed by atoms with Crippen molar-refractivity contribution in [1.82, 2.24) is 10.1 Å². The Hall–Kier alpha value is -2.99. The fourth-order valence-corrected chi connectivity index (χ4v) is 2.92. The molecule has 1 aliphatic rings. The van der Waals surface area contributed by atoms with Gasteiger partial charge in [-0.15, -0.1) is 0 Å². The number of aromatic nitrogens is 1. The summed E-state index contributed by atoms with van der Waals surface area (Å²) in [7, 11) is 1.71. The number of amides is 1. The molecule has 1 aliphatic heterocycles. The van der Waals surface area contributed by atoms with E-state index in [1.54, 1.807) is 30.1 Å². The lowest BCUT2D eigenvalue weighted by molar-refractivity contribution is 0.0774. The third kappa shape index (κ3) is 3.23. The summed E-state index contributed by atoms with van der Waals surface area (Å²) >= 11 is 5.99. The normalized spacial score (nSPS) is 12.2. The van der Waals surface area contributed by atoms with Crippen molar-refractivity contribution >= 4 is 17.5 Å². The van der Waals surface area contributed by atoms with Gasteiger partial charge in [-0.2, -0.15) is 0 Å². The summed E-state index contributed by atoms with van der Waals surface area (Å²) in [6.07, 6.45) is 0. The molecule has 0 saturated carbocycles. The lowest BCUT2D eigenvalue weighted by Gasteiger charge is -2.15. The summed E-state index contributed by atoms with van der Waals surface area (Å²) in [6, 6.07) is 14.4. The first-order valence-corrected chi connectivity index (χ1v) is 8.34. The minimum Gasteiger partial charge on any atom is -0.454 e. The Morgan fingerprint density at radius 1 is 1.15 bits per heavy atom. The van der Waals surface area contributed by atoms with Gasteiger partial charge < -0.3 is 18.9 Å². The van der Waals surface area contributed by atoms with Crippen LogP contribution in [0, 0.1) is 0 Å². The summed E-state index contributed by atoms with van der Waals surface area (Å²) in [6.45, 7) is 0.633. The van der Waals surface area contributed by atoms with E-state index < -0.39 is 0 Å². The molecular weight excluding hydrogens is 356 g/mol. The Bertz CT molecular complexity index is 970. The number of hydrogen-bond acceptors (Lipinski definition) is 5. The average molecular weight is 371 g/mol. The van der Waals surface area contributed by atoms with Crippen molar-refractivity contribution in [3.8, 4) is 22.8 Å². The average Bonchev–Trinajstić information content (AvgIpc) is 3.30. The molecule has 0 unspecified atom stereocenters. The van der Waals surface area contributed by atoms with E-state index in [4.69, 9.17) is 25.6 Å². The van der Waals surface area contributed by atoms with Crippen LogP contribution >= 0.6 is 11.6 Å². The molecule has 0 bridgehead atoms. The molecule has 4 rings (SSSR count). The highest BCUT2D eigenvalue weighted by molar-refractivity contribution is 6.30. The molecule has 0 saturated heterocycles. The van der Waals surface area contributed by atoms with Crippen LogP contribution in [0.4, 0.5) is 0 Å². The molecule has 26 heavy (non-hydrogen) atoms. The van der Waals surface area contributed by atoms with Gasteiger partial charge in [-0.05, 0) is 29.8 Å². The number of hydrogen-bond donors (Lipinski definition) is 0. The van der Waals surface area contributed by atoms with Crippen LogP contribution in [0.2, 0.25) is 5.02 Å². The van der Waals surface area contributed by atoms with E-state index in [0.717, 1.165) is 11.1 Å². The smallest absolute Gasteiger partial charge is 0.276 e. The van der Waals surface area contributed by atoms with Crippen molar-refractivity contribution in [3.63, 3.8) is 0 Å². The summed E-state index contributed by atoms with van der Waals surface area (Å²) in [5.41, 5.74) is 1.94. The van der Waals surface area contributed by atoms with Crippen molar-refractivity contribution < 1.29 is 18.8 Å². The fourth-order valence-electron chi connectivity index (χ4n) is 2.73. The van der Waals surface area contributed by atoms with Crippen molar-refractivity contribution in [1.29, 1.82) is 0 Å². The number of rotatable bonds is 4. The molecule has 7 heteroatoms. The first-order chi connectivity index (χ1) is 12.6. The number of carbonyl (C=O) groups is 1. The van der Waals surface area contributed by atoms with E-state index >= 15 is 0 Å². The van der Waals surface area contributed by atoms with Crippen molar-refractivity contribution in [2.45, 2.75) is 6.54 Å². The van der Waals surface area contributed by atoms with Gasteiger partial charge in [0.15, 0.2) is 23.0 Å². The minimum atomic E-state index is -0.236. The van der Waals surface area contributed by atoms with Crippen LogP contribution in [0.15, 0.2) is 53.1 Å². The predicted octanol–water partition coefficient (Wildman–Crippen LogP) is 4.00. The number of fused-ring (bicyclic) bond motifs is 1. The van der Waals surface area contributed by atoms with Crippen LogP contribution in [0.5, 0.6) is 11.5 Å². The zero-order valence-corrected chi connectivity index (χ0v) is 14.7. The Labute approximate surface area is 154 Å². The molecule has 3 aromatic rings. The number of carbonyl (C=O) groups excluding carboxylic acids is 1. The molecule has 1 aromatic heterocycles. The van der Waals surface area contributed by atoms with Gasteiger partial charge in [0.05, 0.1) is 0 Å². The van der Waals surface area contributed by atoms with Crippen molar-refractivity contribution in [3.05, 3.63) is 64.8 Å². The van der Waals surface area contributed by atoms with E-state index in [9.17, 15) is 4.79 Å². The Balaban J connectivity index is 1.49. The number of benzene rings is 2. The molecule has 0 atom stereocenters. The van der Waals surface area contributed by atoms with Gasteiger partial charge in [0.25, 0.3) is 5.91 Å². The van der Waals surface area contributed by atoms with E-state index in [2.05, 4.69) is 5.16 Å². The monoisotopic (exact) mass is 370 g/mol. The van der Waals surface area contributed by atoms with Crippen LogP contribution < -0.4 is 9.47 Å². The number of ether oxygens (including phenoxy) is 2. The highest BCUT2D eigenvalue weighted by Gasteiger charge is 2.19. The van der Waals surface area contributed by atoms with Crippen LogP contribution in [0.3, 0.4) is 0 Å². The maximum absolute atomic E-state index is 12.6. The van der Waals surface area contributed by atoms with Gasteiger partial charge in [0.2, 0.25) is 6.79 Å². The van der Waals surface area contributed by atoms with Crippen LogP contribution in [0.1, 0.15) is 16.1 Å². The fraction of sp³-hybridized carbons (Fsp3) is 0.158. The second-order valence-electron chi connectivity index (χ2n) is 5.94. The lowest BCUT2D eigenvalue weighted by Crippen LogP contribution is -2.26. The standard InChI is InChI=1S/C19H15ClN2O4/c1-22(10-12-5-6-16-18(7-12)25-11-24-16)19(23)15-9-17(26-21-15)13-3-2-4-14(20)8-13/h2-9H,10-11H2,1H3. The number of halogens is 1. The molecular formula is C19H15ClN2O4. The molecule has 1 amide bonds. The third-order valence-corrected chi connectivity index (χ3v) is 4.28. The topological polar surface area (TPSA) is 64.8 Å². The van der Waals surface area contributed by atoms with Crippen LogP contribution in [-0.4, -0.2) is 29.8 Å². The quantitative estimate of drug-likeness (QED) is 0.694. The first kappa shape index (κ1) is 16.5. The molecule has 0 fully saturated rings. The molecule has 2 heterocycles. The highest BCUT2D eigenvalue weighted by Crippen LogP contribution is 2.33. The van der Waals surface area contributed by atoms with Gasteiger partial charge >= 0.3 is 0 Å². The van der Waals surface area contributed by atoms with Crippen molar-refractivity contribution in [2.75, 3.05) is 13.8 Å². The molecule has 0 aliphatic carbocycles. The molecule has 2 aromatic carbocycles. The Kier molecular flexibility index (Phi) is 4.26. The second kappa shape index (κ2) is 6.72. The molecule has 0 radical (unpaired) electrons. The highest BCUT2D eigenvalue weighted by atomic mass is 35.5. The van der Waals surface area contributed by atoms with Gasteiger partial charge in [-0.3, -0.25) is 4.79 Å². The lowest BCUT2D eigenvalue weighted by atomic mass is 10.1. The number of nitrogens with zero attached hydrogens (tertiary/aromatic N) is 2. The third-order valence-electron chi connectivity index (χ3n) is 4.04. The Morgan fingerprint density at radius 3 is 2.85 bits per heavy atom. The molecule has 6 nitrogen and oxygen atoms in total. The molecule has 0 N–H and O–H groups in total. The van der Waals surface area contributed by atoms with E-state index in [1.165, 1.54) is 0 Å². The molecule has 132 valence electrons.